The molecule has 0 amide bonds. The first-order chi connectivity index (χ1) is 8.65. The highest BCUT2D eigenvalue weighted by Gasteiger charge is 2.12. The molecule has 0 aliphatic rings. The van der Waals surface area contributed by atoms with E-state index in [1.165, 1.54) is 6.33 Å². The minimum absolute atomic E-state index is 0.559. The molecule has 0 radical (unpaired) electrons. The zero-order valence-corrected chi connectivity index (χ0v) is 10.9. The molecule has 0 saturated heterocycles. The Morgan fingerprint density at radius 2 is 2.00 bits per heavy atom. The molecule has 0 bridgehead atoms. The van der Waals surface area contributed by atoms with E-state index in [2.05, 4.69) is 25.7 Å². The number of hydrogen-bond acceptors (Lipinski definition) is 6. The Morgan fingerprint density at radius 1 is 1.28 bits per heavy atom. The number of methoxy groups -OCH3 is 1. The van der Waals surface area contributed by atoms with E-state index in [-0.39, 0.29) is 0 Å². The fourth-order valence-electron chi connectivity index (χ4n) is 1.58. The fraction of sp³-hybridized carbons (Fsp3) is 0.364. The van der Waals surface area contributed by atoms with Crippen LogP contribution in [0.4, 0.5) is 17.5 Å². The molecule has 2 aromatic heterocycles. The van der Waals surface area contributed by atoms with Gasteiger partial charge in [-0.1, -0.05) is 0 Å². The van der Waals surface area contributed by atoms with E-state index in [1.807, 2.05) is 20.0 Å². The van der Waals surface area contributed by atoms with Gasteiger partial charge in [-0.3, -0.25) is 4.68 Å². The van der Waals surface area contributed by atoms with Crippen LogP contribution in [0.15, 0.2) is 12.4 Å². The normalized spacial score (nSPS) is 10.2. The number of aromatic nitrogens is 4. The monoisotopic (exact) mass is 248 g/mol. The lowest BCUT2D eigenvalue weighted by molar-refractivity contribution is 0.415. The highest BCUT2D eigenvalue weighted by atomic mass is 16.5. The average Bonchev–Trinajstić information content (AvgIpc) is 2.68. The lowest BCUT2D eigenvalue weighted by atomic mass is 10.4. The number of nitrogens with zero attached hydrogens (tertiary/aromatic N) is 4. The van der Waals surface area contributed by atoms with Crippen LogP contribution in [0.1, 0.15) is 5.69 Å². The van der Waals surface area contributed by atoms with Crippen molar-refractivity contribution in [3.05, 3.63) is 18.1 Å². The Kier molecular flexibility index (Phi) is 3.31. The highest BCUT2D eigenvalue weighted by molar-refractivity contribution is 5.67. The molecule has 0 saturated carbocycles. The quantitative estimate of drug-likeness (QED) is 0.849. The van der Waals surface area contributed by atoms with Crippen molar-refractivity contribution < 1.29 is 4.74 Å². The second kappa shape index (κ2) is 4.91. The van der Waals surface area contributed by atoms with Crippen LogP contribution < -0.4 is 15.4 Å². The van der Waals surface area contributed by atoms with E-state index >= 15 is 0 Å². The first-order valence-corrected chi connectivity index (χ1v) is 5.50. The number of hydrogen-bond donors (Lipinski definition) is 2. The topological polar surface area (TPSA) is 76.9 Å². The van der Waals surface area contributed by atoms with Gasteiger partial charge >= 0.3 is 0 Å². The van der Waals surface area contributed by atoms with Gasteiger partial charge in [0.1, 0.15) is 6.33 Å². The summed E-state index contributed by atoms with van der Waals surface area (Å²) in [5.41, 5.74) is 1.05. The minimum Gasteiger partial charge on any atom is -0.490 e. The van der Waals surface area contributed by atoms with Crippen LogP contribution in [0.3, 0.4) is 0 Å². The summed E-state index contributed by atoms with van der Waals surface area (Å²) in [5, 5.41) is 10.4. The molecule has 0 unspecified atom stereocenters. The summed E-state index contributed by atoms with van der Waals surface area (Å²) in [6, 6.07) is 1.93. The first-order valence-electron chi connectivity index (χ1n) is 5.50. The largest absolute Gasteiger partial charge is 0.490 e. The van der Waals surface area contributed by atoms with E-state index in [4.69, 9.17) is 4.74 Å². The van der Waals surface area contributed by atoms with Crippen LogP contribution in [-0.2, 0) is 7.05 Å². The fourth-order valence-corrected chi connectivity index (χ4v) is 1.58. The molecule has 18 heavy (non-hydrogen) atoms. The number of nitrogens with one attached hydrogen (secondary N) is 2. The predicted octanol–water partition coefficient (Wildman–Crippen LogP) is 1.31. The third kappa shape index (κ3) is 2.20. The molecule has 2 N–H and O–H groups in total. The summed E-state index contributed by atoms with van der Waals surface area (Å²) in [7, 11) is 5.24. The van der Waals surface area contributed by atoms with Gasteiger partial charge in [-0.2, -0.15) is 5.10 Å². The van der Waals surface area contributed by atoms with E-state index in [1.54, 1.807) is 18.8 Å². The Labute approximate surface area is 105 Å². The molecule has 0 atom stereocenters. The van der Waals surface area contributed by atoms with E-state index in [0.29, 0.717) is 23.2 Å². The molecule has 0 fully saturated rings. The second-order valence-electron chi connectivity index (χ2n) is 3.77. The van der Waals surface area contributed by atoms with Crippen molar-refractivity contribution in [2.45, 2.75) is 6.92 Å². The average molecular weight is 248 g/mol. The number of anilines is 3. The molecule has 96 valence electrons. The van der Waals surface area contributed by atoms with Gasteiger partial charge in [0.15, 0.2) is 17.5 Å². The zero-order chi connectivity index (χ0) is 13.1. The van der Waals surface area contributed by atoms with Crippen LogP contribution >= 0.6 is 0 Å². The maximum Gasteiger partial charge on any atom is 0.204 e. The third-order valence-corrected chi connectivity index (χ3v) is 2.61. The van der Waals surface area contributed by atoms with Gasteiger partial charge < -0.3 is 15.4 Å². The van der Waals surface area contributed by atoms with Crippen LogP contribution in [0.2, 0.25) is 0 Å². The van der Waals surface area contributed by atoms with E-state index in [9.17, 15) is 0 Å². The molecular formula is C11H16N6O. The van der Waals surface area contributed by atoms with E-state index < -0.39 is 0 Å². The van der Waals surface area contributed by atoms with Gasteiger partial charge in [0.05, 0.1) is 7.11 Å². The van der Waals surface area contributed by atoms with Gasteiger partial charge in [0.25, 0.3) is 0 Å². The summed E-state index contributed by atoms with van der Waals surface area (Å²) in [6.45, 7) is 1.98. The summed E-state index contributed by atoms with van der Waals surface area (Å²) in [4.78, 5) is 8.24. The van der Waals surface area contributed by atoms with Gasteiger partial charge in [-0.15, -0.1) is 0 Å². The molecule has 0 spiro atoms. The molecule has 7 nitrogen and oxygen atoms in total. The summed E-state index contributed by atoms with van der Waals surface area (Å²) < 4.78 is 7.08. The highest BCUT2D eigenvalue weighted by Crippen LogP contribution is 2.30. The van der Waals surface area contributed by atoms with Crippen LogP contribution in [-0.4, -0.2) is 33.9 Å². The Bertz CT molecular complexity index is 531. The summed E-state index contributed by atoms with van der Waals surface area (Å²) in [5.74, 6) is 2.48. The molecule has 2 rings (SSSR count). The molecule has 2 aromatic rings. The van der Waals surface area contributed by atoms with Crippen molar-refractivity contribution in [1.82, 2.24) is 19.7 Å². The summed E-state index contributed by atoms with van der Waals surface area (Å²) in [6.07, 6.45) is 1.46. The van der Waals surface area contributed by atoms with Gasteiger partial charge in [-0.05, 0) is 6.92 Å². The van der Waals surface area contributed by atoms with E-state index in [0.717, 1.165) is 5.69 Å². The van der Waals surface area contributed by atoms with Crippen molar-refractivity contribution in [2.75, 3.05) is 24.8 Å². The van der Waals surface area contributed by atoms with Crippen LogP contribution in [0.5, 0.6) is 5.75 Å². The molecule has 7 heteroatoms. The molecule has 0 aromatic carbocycles. The van der Waals surface area contributed by atoms with Crippen molar-refractivity contribution in [3.8, 4) is 5.75 Å². The van der Waals surface area contributed by atoms with Crippen molar-refractivity contribution in [2.24, 2.45) is 7.05 Å². The van der Waals surface area contributed by atoms with Gasteiger partial charge in [0, 0.05) is 25.9 Å². The molecule has 0 aliphatic carbocycles. The van der Waals surface area contributed by atoms with Gasteiger partial charge in [0.2, 0.25) is 5.75 Å². The maximum atomic E-state index is 5.29. The maximum absolute atomic E-state index is 5.29. The summed E-state index contributed by atoms with van der Waals surface area (Å²) >= 11 is 0. The second-order valence-corrected chi connectivity index (χ2v) is 3.77. The zero-order valence-electron chi connectivity index (χ0n) is 10.9. The first kappa shape index (κ1) is 12.2. The molecule has 0 aliphatic heterocycles. The smallest absolute Gasteiger partial charge is 0.204 e. The Hall–Kier alpha value is -2.31. The van der Waals surface area contributed by atoms with Crippen LogP contribution in [0.25, 0.3) is 0 Å². The van der Waals surface area contributed by atoms with Gasteiger partial charge in [-0.25, -0.2) is 9.97 Å². The van der Waals surface area contributed by atoms with Crippen LogP contribution in [0, 0.1) is 6.92 Å². The molecular weight excluding hydrogens is 232 g/mol. The lowest BCUT2D eigenvalue weighted by Gasteiger charge is -2.11. The predicted molar refractivity (Wildman–Crippen MR) is 69.4 cm³/mol. The third-order valence-electron chi connectivity index (χ3n) is 2.61. The Morgan fingerprint density at radius 3 is 2.56 bits per heavy atom. The van der Waals surface area contributed by atoms with Crippen molar-refractivity contribution in [1.29, 1.82) is 0 Å². The van der Waals surface area contributed by atoms with Crippen molar-refractivity contribution >= 4 is 17.5 Å². The minimum atomic E-state index is 0.559. The lowest BCUT2D eigenvalue weighted by Crippen LogP contribution is -2.03. The molecule has 2 heterocycles. The number of ether oxygens (including phenoxy) is 1. The number of aryl methyl sites for hydroxylation is 2. The number of rotatable bonds is 4. The SMILES string of the molecule is CNc1ncnc(Nc2cc(C)n(C)n2)c1OC. The Balaban J connectivity index is 2.33. The standard InChI is InChI=1S/C11H16N6O/c1-7-5-8(16-17(7)3)15-11-9(18-4)10(12-2)13-6-14-11/h5-6H,1-4H3,(H2,12,13,14,15,16). The van der Waals surface area contributed by atoms with Crippen molar-refractivity contribution in [3.63, 3.8) is 0 Å².